The van der Waals surface area contributed by atoms with Crippen LogP contribution < -0.4 is 14.5 Å². The molecule has 8 nitrogen and oxygen atoms in total. The van der Waals surface area contributed by atoms with Crippen LogP contribution in [0.4, 0.5) is 10.2 Å². The van der Waals surface area contributed by atoms with Gasteiger partial charge in [0.25, 0.3) is 0 Å². The number of nitriles is 1. The van der Waals surface area contributed by atoms with Crippen LogP contribution in [0.2, 0.25) is 0 Å². The maximum absolute atomic E-state index is 14.2. The van der Waals surface area contributed by atoms with Gasteiger partial charge in [0.1, 0.15) is 28.6 Å². The highest BCUT2D eigenvalue weighted by Crippen LogP contribution is 2.39. The van der Waals surface area contributed by atoms with Crippen molar-refractivity contribution in [2.75, 3.05) is 5.73 Å². The van der Waals surface area contributed by atoms with E-state index in [1.54, 1.807) is 34.1 Å². The van der Waals surface area contributed by atoms with Crippen molar-refractivity contribution in [2.24, 2.45) is 14.1 Å². The number of pyridine rings is 1. The van der Waals surface area contributed by atoms with E-state index in [-0.39, 0.29) is 17.3 Å². The summed E-state index contributed by atoms with van der Waals surface area (Å²) in [6.45, 7) is 1.84. The van der Waals surface area contributed by atoms with Crippen molar-refractivity contribution in [3.63, 3.8) is 0 Å². The average Bonchev–Trinajstić information content (AvgIpc) is 3.28. The first-order valence-corrected chi connectivity index (χ1v) is 10.7. The number of hydrogen-bond donors (Lipinski definition) is 1. The van der Waals surface area contributed by atoms with Crippen LogP contribution in [0.1, 0.15) is 35.7 Å². The number of anilines is 1. The molecule has 1 atom stereocenters. The molecular weight excluding hydrogens is 429 g/mol. The Bertz CT molecular complexity index is 1420. The van der Waals surface area contributed by atoms with Crippen LogP contribution in [-0.2, 0) is 20.5 Å². The van der Waals surface area contributed by atoms with E-state index in [1.165, 1.54) is 23.7 Å². The Morgan fingerprint density at radius 2 is 2.19 bits per heavy atom. The first-order chi connectivity index (χ1) is 15.4. The number of hydrogen-bond acceptors (Lipinski definition) is 7. The number of ether oxygens (including phenoxy) is 1. The highest BCUT2D eigenvalue weighted by Gasteiger charge is 2.28. The monoisotopic (exact) mass is 448 g/mol. The van der Waals surface area contributed by atoms with Crippen LogP contribution >= 0.6 is 11.5 Å². The van der Waals surface area contributed by atoms with Gasteiger partial charge in [-0.25, -0.2) is 9.37 Å². The minimum atomic E-state index is -0.511. The largest absolute Gasteiger partial charge is 0.482 e. The van der Waals surface area contributed by atoms with Gasteiger partial charge >= 0.3 is 0 Å². The molecule has 10 heteroatoms. The maximum Gasteiger partial charge on any atom is 0.180 e. The zero-order valence-corrected chi connectivity index (χ0v) is 18.4. The van der Waals surface area contributed by atoms with Crippen molar-refractivity contribution in [3.05, 3.63) is 58.9 Å². The molecule has 1 aliphatic heterocycles. The lowest BCUT2D eigenvalue weighted by Crippen LogP contribution is -2.25. The van der Waals surface area contributed by atoms with Crippen molar-refractivity contribution in [1.29, 1.82) is 5.26 Å². The number of halogens is 1. The van der Waals surface area contributed by atoms with Gasteiger partial charge in [-0.15, -0.1) is 0 Å². The molecule has 4 heterocycles. The Hall–Kier alpha value is -3.84. The number of rotatable bonds is 0. The standard InChI is InChI=1S/C22H19FN7OS/c1-11-15-7-13(23)4-5-14(15)21-16(28-30(3)32-21)8-18-20(17(9-24)27-29(18)2)12-6-19(31-11)22(25)26-10-12/h4-7,10-11H,8H2,1-3H3,(H2,25,26)/q+1/t11-/m1/s1. The van der Waals surface area contributed by atoms with Crippen LogP contribution in [0.25, 0.3) is 21.6 Å². The van der Waals surface area contributed by atoms with Gasteiger partial charge in [0.2, 0.25) is 0 Å². The number of nitrogens with two attached hydrogens (primary N) is 1. The summed E-state index contributed by atoms with van der Waals surface area (Å²) in [7, 11) is 3.66. The molecular formula is C22H19FN7OS+. The summed E-state index contributed by atoms with van der Waals surface area (Å²) in [6.07, 6.45) is 1.53. The summed E-state index contributed by atoms with van der Waals surface area (Å²) in [5.74, 6) is 0.221. The van der Waals surface area contributed by atoms with Gasteiger partial charge in [0.05, 0.1) is 5.69 Å². The van der Waals surface area contributed by atoms with Gasteiger partial charge in [-0.3, -0.25) is 4.68 Å². The number of aryl methyl sites for hydroxylation is 2. The van der Waals surface area contributed by atoms with Crippen LogP contribution in [0.15, 0.2) is 30.5 Å². The fraction of sp³-hybridized carbons (Fsp3) is 0.227. The fourth-order valence-corrected chi connectivity index (χ4v) is 4.97. The van der Waals surface area contributed by atoms with E-state index in [1.807, 2.05) is 14.0 Å². The second-order valence-electron chi connectivity index (χ2n) is 7.61. The smallest absolute Gasteiger partial charge is 0.180 e. The first kappa shape index (κ1) is 20.1. The summed E-state index contributed by atoms with van der Waals surface area (Å²) < 4.78 is 23.9. The molecule has 2 bridgehead atoms. The highest BCUT2D eigenvalue weighted by molar-refractivity contribution is 7.05. The molecule has 1 aromatic carbocycles. The molecule has 5 rings (SSSR count). The Morgan fingerprint density at radius 3 is 2.97 bits per heavy atom. The fourth-order valence-electron chi connectivity index (χ4n) is 4.06. The Labute approximate surface area is 187 Å². The molecule has 2 N–H and O–H groups in total. The second-order valence-corrected chi connectivity index (χ2v) is 8.73. The maximum atomic E-state index is 14.2. The summed E-state index contributed by atoms with van der Waals surface area (Å²) in [4.78, 5) is 5.19. The van der Waals surface area contributed by atoms with Gasteiger partial charge in [-0.05, 0) is 35.3 Å². The van der Waals surface area contributed by atoms with Crippen molar-refractivity contribution < 1.29 is 13.2 Å². The average molecular weight is 449 g/mol. The van der Waals surface area contributed by atoms with Gasteiger partial charge < -0.3 is 10.5 Å². The molecule has 0 amide bonds. The van der Waals surface area contributed by atoms with Crippen molar-refractivity contribution in [1.82, 2.24) is 19.9 Å². The minimum Gasteiger partial charge on any atom is -0.482 e. The molecule has 3 aromatic heterocycles. The Kier molecular flexibility index (Phi) is 4.64. The van der Waals surface area contributed by atoms with Crippen LogP contribution in [0, 0.1) is 17.1 Å². The highest BCUT2D eigenvalue weighted by atomic mass is 32.1. The van der Waals surface area contributed by atoms with Crippen molar-refractivity contribution >= 4 is 17.4 Å². The predicted molar refractivity (Wildman–Crippen MR) is 116 cm³/mol. The van der Waals surface area contributed by atoms with E-state index in [4.69, 9.17) is 10.5 Å². The number of nitrogens with zero attached hydrogens (tertiary/aromatic N) is 6. The van der Waals surface area contributed by atoms with E-state index in [9.17, 15) is 9.65 Å². The van der Waals surface area contributed by atoms with E-state index in [0.29, 0.717) is 28.9 Å². The molecule has 4 aromatic rings. The van der Waals surface area contributed by atoms with E-state index < -0.39 is 6.10 Å². The minimum absolute atomic E-state index is 0.212. The molecule has 0 fully saturated rings. The SMILES string of the molecule is C[C@H]1Oc2cc(cnc2N)-c2c(C#N)nn(C)c2Cc2n[n+](C)sc2-c2ccc(F)cc21. The Balaban J connectivity index is 1.85. The summed E-state index contributed by atoms with van der Waals surface area (Å²) in [6, 6.07) is 8.58. The van der Waals surface area contributed by atoms with E-state index in [0.717, 1.165) is 21.8 Å². The molecule has 0 saturated carbocycles. The van der Waals surface area contributed by atoms with Crippen LogP contribution in [0.3, 0.4) is 0 Å². The summed E-state index contributed by atoms with van der Waals surface area (Å²) in [5.41, 5.74) is 10.8. The van der Waals surface area contributed by atoms with E-state index >= 15 is 0 Å². The normalized spacial score (nSPS) is 14.8. The third-order valence-corrected chi connectivity index (χ3v) is 6.51. The number of nitrogen functional groups attached to an aromatic ring is 1. The van der Waals surface area contributed by atoms with Gasteiger partial charge in [0, 0.05) is 47.0 Å². The molecule has 0 saturated heterocycles. The molecule has 0 spiro atoms. The predicted octanol–water partition coefficient (Wildman–Crippen LogP) is 3.07. The lowest BCUT2D eigenvalue weighted by Gasteiger charge is -2.20. The van der Waals surface area contributed by atoms with Crippen molar-refractivity contribution in [2.45, 2.75) is 19.4 Å². The number of benzene rings is 1. The lowest BCUT2D eigenvalue weighted by molar-refractivity contribution is -0.663. The third kappa shape index (κ3) is 3.18. The van der Waals surface area contributed by atoms with Gasteiger partial charge in [-0.2, -0.15) is 10.4 Å². The number of aromatic nitrogens is 5. The topological polar surface area (TPSA) is 107 Å². The van der Waals surface area contributed by atoms with Crippen molar-refractivity contribution in [3.8, 4) is 33.4 Å². The first-order valence-electron chi connectivity index (χ1n) is 9.90. The number of fused-ring (bicyclic) bond motifs is 7. The summed E-state index contributed by atoms with van der Waals surface area (Å²) >= 11 is 1.46. The van der Waals surface area contributed by atoms with Crippen LogP contribution in [0.5, 0.6) is 5.75 Å². The molecule has 0 radical (unpaired) electrons. The van der Waals surface area contributed by atoms with Gasteiger partial charge in [0.15, 0.2) is 35.8 Å². The molecule has 0 aliphatic carbocycles. The lowest BCUT2D eigenvalue weighted by atomic mass is 9.97. The molecule has 32 heavy (non-hydrogen) atoms. The van der Waals surface area contributed by atoms with E-state index in [2.05, 4.69) is 21.3 Å². The quantitative estimate of drug-likeness (QED) is 0.415. The Morgan fingerprint density at radius 1 is 1.38 bits per heavy atom. The zero-order valence-electron chi connectivity index (χ0n) is 17.6. The summed E-state index contributed by atoms with van der Waals surface area (Å²) in [5, 5.41) is 18.8. The van der Waals surface area contributed by atoms with Gasteiger partial charge in [-0.1, -0.05) is 0 Å². The molecule has 1 aliphatic rings. The molecule has 0 unspecified atom stereocenters. The third-order valence-electron chi connectivity index (χ3n) is 5.52. The second kappa shape index (κ2) is 7.39. The zero-order chi connectivity index (χ0) is 22.6. The molecule has 160 valence electrons. The van der Waals surface area contributed by atoms with Crippen LogP contribution in [-0.4, -0.2) is 19.9 Å².